The minimum atomic E-state index is 0. The molecule has 4 aromatic carbocycles. The van der Waals surface area contributed by atoms with Gasteiger partial charge in [-0.25, -0.2) is 0 Å². The van der Waals surface area contributed by atoms with E-state index in [2.05, 4.69) is 86.6 Å². The molecule has 0 aromatic heterocycles. The van der Waals surface area contributed by atoms with Gasteiger partial charge in [0.25, 0.3) is 0 Å². The summed E-state index contributed by atoms with van der Waals surface area (Å²) in [5, 5.41) is 5.39. The van der Waals surface area contributed by atoms with Crippen molar-refractivity contribution in [1.29, 1.82) is 0 Å². The monoisotopic (exact) mass is 416 g/mol. The summed E-state index contributed by atoms with van der Waals surface area (Å²) in [7, 11) is 0. The van der Waals surface area contributed by atoms with E-state index in [4.69, 9.17) is 0 Å². The molecular weight excluding hydrogens is 397 g/mol. The Balaban J connectivity index is 0.000000147. The predicted octanol–water partition coefficient (Wildman–Crippen LogP) is 5.73. The zero-order valence-corrected chi connectivity index (χ0v) is 14.6. The number of benzene rings is 2. The largest absolute Gasteiger partial charge is 2.00 e. The second kappa shape index (κ2) is 7.31. The van der Waals surface area contributed by atoms with Crippen molar-refractivity contribution >= 4 is 21.5 Å². The van der Waals surface area contributed by atoms with E-state index in [-0.39, 0.29) is 39.9 Å². The predicted molar refractivity (Wildman–Crippen MR) is 88.6 cm³/mol. The van der Waals surface area contributed by atoms with Crippen LogP contribution in [0.15, 0.2) is 72.8 Å². The summed E-state index contributed by atoms with van der Waals surface area (Å²) in [5.74, 6) is 0. The van der Waals surface area contributed by atoms with Crippen molar-refractivity contribution in [3.8, 4) is 0 Å². The van der Waals surface area contributed by atoms with Crippen molar-refractivity contribution in [1.82, 2.24) is 0 Å². The fourth-order valence-electron chi connectivity index (χ4n) is 2.61. The molecule has 0 unspecified atom stereocenters. The van der Waals surface area contributed by atoms with Crippen LogP contribution in [0.5, 0.6) is 0 Å². The van der Waals surface area contributed by atoms with Crippen LogP contribution < -0.4 is 0 Å². The van der Waals surface area contributed by atoms with E-state index in [9.17, 15) is 0 Å². The number of aryl methyl sites for hydroxylation is 2. The van der Waals surface area contributed by atoms with Crippen molar-refractivity contribution < 1.29 is 39.9 Å². The maximum absolute atomic E-state index is 2.20. The maximum Gasteiger partial charge on any atom is 2.00 e. The number of hydrogen-bond acceptors (Lipinski definition) is 0. The van der Waals surface area contributed by atoms with E-state index in [1.54, 1.807) is 0 Å². The van der Waals surface area contributed by atoms with Gasteiger partial charge in [-0.1, -0.05) is 26.0 Å². The summed E-state index contributed by atoms with van der Waals surface area (Å²) in [6, 6.07) is 25.7. The van der Waals surface area contributed by atoms with Crippen LogP contribution in [0.2, 0.25) is 0 Å². The van der Waals surface area contributed by atoms with Gasteiger partial charge in [-0.05, 0) is 0 Å². The molecule has 4 rings (SSSR count). The summed E-state index contributed by atoms with van der Waals surface area (Å²) >= 11 is 0. The van der Waals surface area contributed by atoms with E-state index in [0.717, 1.165) is 0 Å². The standard InChI is InChI=1S/2C10H9.Gd/c2*1-8-6-9-4-2-3-5-10(9)7-8;/h2*2-7H,1H3;/q2*-1;+2. The Bertz CT molecular complexity index is 695. The average Bonchev–Trinajstić information content (AvgIpc) is 2.99. The van der Waals surface area contributed by atoms with Crippen LogP contribution in [0.25, 0.3) is 21.5 Å². The number of hydrogen-bond donors (Lipinski definition) is 0. The molecule has 0 fully saturated rings. The van der Waals surface area contributed by atoms with Crippen LogP contribution in [0.3, 0.4) is 0 Å². The van der Waals surface area contributed by atoms with Gasteiger partial charge >= 0.3 is 39.9 Å². The molecule has 0 atom stereocenters. The first-order valence-electron chi connectivity index (χ1n) is 6.96. The van der Waals surface area contributed by atoms with Crippen molar-refractivity contribution in [2.45, 2.75) is 13.8 Å². The topological polar surface area (TPSA) is 0 Å². The van der Waals surface area contributed by atoms with E-state index >= 15 is 0 Å². The molecule has 106 valence electrons. The van der Waals surface area contributed by atoms with E-state index in [1.807, 2.05) is 0 Å². The van der Waals surface area contributed by atoms with Crippen molar-refractivity contribution in [3.05, 3.63) is 83.9 Å². The molecule has 0 aliphatic heterocycles. The Morgan fingerprint density at radius 3 is 1.38 bits per heavy atom. The van der Waals surface area contributed by atoms with Gasteiger partial charge in [0.05, 0.1) is 0 Å². The van der Waals surface area contributed by atoms with Gasteiger partial charge in [0.2, 0.25) is 0 Å². The molecule has 0 saturated heterocycles. The second-order valence-corrected chi connectivity index (χ2v) is 5.32. The fraction of sp³-hybridized carbons (Fsp3) is 0.100. The zero-order chi connectivity index (χ0) is 13.9. The van der Waals surface area contributed by atoms with Gasteiger partial charge in [-0.15, -0.1) is 81.2 Å². The van der Waals surface area contributed by atoms with Crippen LogP contribution in [0.1, 0.15) is 11.1 Å². The molecule has 0 heterocycles. The summed E-state index contributed by atoms with van der Waals surface area (Å²) in [6.07, 6.45) is 0. The summed E-state index contributed by atoms with van der Waals surface area (Å²) < 4.78 is 0. The summed E-state index contributed by atoms with van der Waals surface area (Å²) in [4.78, 5) is 0. The Morgan fingerprint density at radius 1 is 0.619 bits per heavy atom. The molecule has 4 aromatic rings. The molecule has 0 nitrogen and oxygen atoms in total. The van der Waals surface area contributed by atoms with E-state index in [0.29, 0.717) is 0 Å². The van der Waals surface area contributed by atoms with Gasteiger partial charge < -0.3 is 0 Å². The van der Waals surface area contributed by atoms with Crippen LogP contribution in [-0.4, -0.2) is 0 Å². The van der Waals surface area contributed by atoms with Crippen molar-refractivity contribution in [3.63, 3.8) is 0 Å². The molecule has 21 heavy (non-hydrogen) atoms. The van der Waals surface area contributed by atoms with Crippen LogP contribution in [-0.2, 0) is 0 Å². The third-order valence-corrected chi connectivity index (χ3v) is 3.52. The third kappa shape index (κ3) is 4.00. The van der Waals surface area contributed by atoms with Crippen molar-refractivity contribution in [2.24, 2.45) is 0 Å². The first-order chi connectivity index (χ1) is 9.72. The van der Waals surface area contributed by atoms with Gasteiger partial charge in [-0.3, -0.25) is 0 Å². The Kier molecular flexibility index (Phi) is 5.69. The Hall–Kier alpha value is -1.02. The summed E-state index contributed by atoms with van der Waals surface area (Å²) in [5.41, 5.74) is 2.70. The van der Waals surface area contributed by atoms with Gasteiger partial charge in [0.1, 0.15) is 0 Å². The molecule has 0 N–H and O–H groups in total. The van der Waals surface area contributed by atoms with Crippen molar-refractivity contribution in [2.75, 3.05) is 0 Å². The normalized spacial score (nSPS) is 10.0. The van der Waals surface area contributed by atoms with Crippen LogP contribution in [0, 0.1) is 53.8 Å². The first-order valence-corrected chi connectivity index (χ1v) is 6.96. The van der Waals surface area contributed by atoms with Gasteiger partial charge in [-0.2, -0.15) is 12.1 Å². The molecule has 0 amide bonds. The molecular formula is C20H18Gd. The minimum Gasteiger partial charge on any atom is -0.165 e. The van der Waals surface area contributed by atoms with Crippen LogP contribution >= 0.6 is 0 Å². The molecule has 0 spiro atoms. The smallest absolute Gasteiger partial charge is 0.165 e. The Morgan fingerprint density at radius 2 is 1.00 bits per heavy atom. The van der Waals surface area contributed by atoms with Gasteiger partial charge in [0.15, 0.2) is 0 Å². The van der Waals surface area contributed by atoms with Gasteiger partial charge in [0, 0.05) is 0 Å². The summed E-state index contributed by atoms with van der Waals surface area (Å²) in [6.45, 7) is 4.25. The number of fused-ring (bicyclic) bond motifs is 2. The molecule has 0 saturated carbocycles. The SMILES string of the molecule is Cc1cc2ccccc2[cH-]1.Cc1cc2ccccc2[cH-]1.[Gd+2]. The molecule has 0 aliphatic rings. The molecule has 0 bridgehead atoms. The molecule has 1 heteroatoms. The zero-order valence-electron chi connectivity index (χ0n) is 12.3. The number of rotatable bonds is 0. The minimum absolute atomic E-state index is 0. The maximum atomic E-state index is 2.20. The second-order valence-electron chi connectivity index (χ2n) is 5.32. The fourth-order valence-corrected chi connectivity index (χ4v) is 2.61. The average molecular weight is 416 g/mol. The molecule has 0 aliphatic carbocycles. The van der Waals surface area contributed by atoms with E-state index in [1.165, 1.54) is 32.7 Å². The molecule has 0 radical (unpaired) electrons. The third-order valence-electron chi connectivity index (χ3n) is 3.52. The Labute approximate surface area is 158 Å². The van der Waals surface area contributed by atoms with Crippen LogP contribution in [0.4, 0.5) is 0 Å². The quantitative estimate of drug-likeness (QED) is 0.322. The van der Waals surface area contributed by atoms with E-state index < -0.39 is 0 Å². The first kappa shape index (κ1) is 16.4.